The maximum Gasteiger partial charge on any atom is 0.309 e. The molecule has 0 heterocycles. The largest absolute Gasteiger partial charge is 0.496 e. The topological polar surface area (TPSA) is 63.6 Å². The monoisotopic (exact) mass is 290 g/mol. The summed E-state index contributed by atoms with van der Waals surface area (Å²) >= 11 is 0. The number of methoxy groups -OCH3 is 1. The quantitative estimate of drug-likeness (QED) is 0.863. The van der Waals surface area contributed by atoms with Crippen molar-refractivity contribution in [2.75, 3.05) is 7.11 Å². The van der Waals surface area contributed by atoms with E-state index in [9.17, 15) is 14.7 Å². The average Bonchev–Trinajstić information content (AvgIpc) is 2.70. The molecule has 1 aromatic rings. The molecular formula is C17H22O4. The Balaban J connectivity index is 2.40. The second kappa shape index (κ2) is 5.17. The third-order valence-electron chi connectivity index (χ3n) is 5.39. The second-order valence-corrected chi connectivity index (χ2v) is 6.51. The van der Waals surface area contributed by atoms with Crippen molar-refractivity contribution in [2.45, 2.75) is 33.6 Å². The van der Waals surface area contributed by atoms with Gasteiger partial charge in [0.15, 0.2) is 5.78 Å². The number of carbonyl (C=O) groups is 2. The van der Waals surface area contributed by atoms with Crippen LogP contribution < -0.4 is 4.74 Å². The van der Waals surface area contributed by atoms with Gasteiger partial charge in [0.05, 0.1) is 18.1 Å². The molecule has 0 spiro atoms. The summed E-state index contributed by atoms with van der Waals surface area (Å²) in [5, 5.41) is 9.54. The molecular weight excluding hydrogens is 268 g/mol. The number of rotatable bonds is 4. The molecule has 114 valence electrons. The van der Waals surface area contributed by atoms with E-state index in [1.165, 1.54) is 7.11 Å². The van der Waals surface area contributed by atoms with Crippen LogP contribution >= 0.6 is 0 Å². The minimum Gasteiger partial charge on any atom is -0.496 e. The van der Waals surface area contributed by atoms with E-state index in [1.54, 1.807) is 25.1 Å². The van der Waals surface area contributed by atoms with E-state index in [-0.39, 0.29) is 11.7 Å². The van der Waals surface area contributed by atoms with E-state index in [0.717, 1.165) is 0 Å². The Bertz CT molecular complexity index is 576. The molecule has 1 aliphatic carbocycles. The van der Waals surface area contributed by atoms with Crippen molar-refractivity contribution >= 4 is 11.8 Å². The number of hydrogen-bond donors (Lipinski definition) is 1. The molecule has 4 heteroatoms. The smallest absolute Gasteiger partial charge is 0.309 e. The Morgan fingerprint density at radius 2 is 1.86 bits per heavy atom. The zero-order valence-electron chi connectivity index (χ0n) is 13.0. The summed E-state index contributed by atoms with van der Waals surface area (Å²) in [6, 6.07) is 7.12. The van der Waals surface area contributed by atoms with Crippen LogP contribution in [0.25, 0.3) is 0 Å². The fourth-order valence-electron chi connectivity index (χ4n) is 3.38. The highest BCUT2D eigenvalue weighted by Crippen LogP contribution is 2.57. The Hall–Kier alpha value is -1.84. The van der Waals surface area contributed by atoms with E-state index >= 15 is 0 Å². The molecule has 1 aromatic carbocycles. The van der Waals surface area contributed by atoms with Crippen molar-refractivity contribution in [1.82, 2.24) is 0 Å². The van der Waals surface area contributed by atoms with Crippen LogP contribution in [0.15, 0.2) is 24.3 Å². The fraction of sp³-hybridized carbons (Fsp3) is 0.529. The minimum atomic E-state index is -0.880. The van der Waals surface area contributed by atoms with Crippen LogP contribution in [0.1, 0.15) is 44.0 Å². The van der Waals surface area contributed by atoms with Gasteiger partial charge >= 0.3 is 5.97 Å². The Labute approximate surface area is 125 Å². The summed E-state index contributed by atoms with van der Waals surface area (Å²) < 4.78 is 5.26. The van der Waals surface area contributed by atoms with Gasteiger partial charge in [0, 0.05) is 5.92 Å². The SMILES string of the molecule is COc1ccccc1C(=O)C1CCC(C)(C(=O)O)C1(C)C. The van der Waals surface area contributed by atoms with Crippen LogP contribution in [0.3, 0.4) is 0 Å². The number of carbonyl (C=O) groups excluding carboxylic acids is 1. The van der Waals surface area contributed by atoms with Gasteiger partial charge in [-0.15, -0.1) is 0 Å². The molecule has 1 saturated carbocycles. The Kier molecular flexibility index (Phi) is 3.83. The Morgan fingerprint density at radius 3 is 2.38 bits per heavy atom. The highest BCUT2D eigenvalue weighted by Gasteiger charge is 2.58. The average molecular weight is 290 g/mol. The van der Waals surface area contributed by atoms with Crippen molar-refractivity contribution < 1.29 is 19.4 Å². The fourth-order valence-corrected chi connectivity index (χ4v) is 3.38. The molecule has 1 N–H and O–H groups in total. The first-order valence-corrected chi connectivity index (χ1v) is 7.16. The molecule has 2 unspecified atom stereocenters. The summed E-state index contributed by atoms with van der Waals surface area (Å²) in [5.74, 6) is -0.623. The normalized spacial score (nSPS) is 27.3. The van der Waals surface area contributed by atoms with Gasteiger partial charge in [-0.1, -0.05) is 26.0 Å². The predicted molar refractivity (Wildman–Crippen MR) is 79.6 cm³/mol. The van der Waals surface area contributed by atoms with Crippen molar-refractivity contribution in [1.29, 1.82) is 0 Å². The van der Waals surface area contributed by atoms with Gasteiger partial charge in [-0.25, -0.2) is 0 Å². The minimum absolute atomic E-state index is 0.0255. The molecule has 2 rings (SSSR count). The molecule has 0 aliphatic heterocycles. The molecule has 21 heavy (non-hydrogen) atoms. The molecule has 1 aliphatic rings. The maximum absolute atomic E-state index is 12.9. The van der Waals surface area contributed by atoms with Crippen molar-refractivity contribution in [2.24, 2.45) is 16.7 Å². The maximum atomic E-state index is 12.9. The van der Waals surface area contributed by atoms with E-state index < -0.39 is 16.8 Å². The molecule has 0 amide bonds. The number of hydrogen-bond acceptors (Lipinski definition) is 3. The number of benzene rings is 1. The zero-order chi connectivity index (χ0) is 15.8. The first-order valence-electron chi connectivity index (χ1n) is 7.16. The highest BCUT2D eigenvalue weighted by molar-refractivity contribution is 6.01. The molecule has 2 atom stereocenters. The van der Waals surface area contributed by atoms with E-state index in [2.05, 4.69) is 0 Å². The van der Waals surface area contributed by atoms with Crippen molar-refractivity contribution in [3.8, 4) is 5.75 Å². The zero-order valence-corrected chi connectivity index (χ0v) is 13.0. The molecule has 0 saturated heterocycles. The van der Waals surface area contributed by atoms with Crippen LogP contribution in [0.2, 0.25) is 0 Å². The third kappa shape index (κ3) is 2.23. The highest BCUT2D eigenvalue weighted by atomic mass is 16.5. The lowest BCUT2D eigenvalue weighted by Gasteiger charge is -2.38. The summed E-state index contributed by atoms with van der Waals surface area (Å²) in [6.45, 7) is 5.50. The number of para-hydroxylation sites is 1. The third-order valence-corrected chi connectivity index (χ3v) is 5.39. The van der Waals surface area contributed by atoms with Crippen molar-refractivity contribution in [3.05, 3.63) is 29.8 Å². The first kappa shape index (κ1) is 15.5. The van der Waals surface area contributed by atoms with Gasteiger partial charge in [0.2, 0.25) is 0 Å². The van der Waals surface area contributed by atoms with Crippen LogP contribution in [-0.4, -0.2) is 24.0 Å². The second-order valence-electron chi connectivity index (χ2n) is 6.51. The van der Waals surface area contributed by atoms with Crippen LogP contribution in [0.5, 0.6) is 5.75 Å². The molecule has 4 nitrogen and oxygen atoms in total. The summed E-state index contributed by atoms with van der Waals surface area (Å²) in [6.07, 6.45) is 1.10. The van der Waals surface area contributed by atoms with E-state index in [0.29, 0.717) is 24.2 Å². The number of aliphatic carboxylic acids is 1. The predicted octanol–water partition coefficient (Wildman–Crippen LogP) is 3.41. The number of carboxylic acid groups (broad SMARTS) is 1. The summed E-state index contributed by atoms with van der Waals surface area (Å²) in [7, 11) is 1.53. The lowest BCUT2D eigenvalue weighted by molar-refractivity contribution is -0.153. The van der Waals surface area contributed by atoms with Gasteiger partial charge in [-0.05, 0) is 37.3 Å². The van der Waals surface area contributed by atoms with Gasteiger partial charge in [-0.3, -0.25) is 9.59 Å². The summed E-state index contributed by atoms with van der Waals surface area (Å²) in [5.41, 5.74) is -0.945. The van der Waals surface area contributed by atoms with Crippen LogP contribution in [0.4, 0.5) is 0 Å². The molecule has 1 fully saturated rings. The van der Waals surface area contributed by atoms with Gasteiger partial charge in [0.1, 0.15) is 5.75 Å². The lowest BCUT2D eigenvalue weighted by atomic mass is 9.64. The number of ether oxygens (including phenoxy) is 1. The number of carboxylic acids is 1. The molecule has 0 bridgehead atoms. The van der Waals surface area contributed by atoms with Gasteiger partial charge in [0.25, 0.3) is 0 Å². The Morgan fingerprint density at radius 1 is 1.24 bits per heavy atom. The molecule has 0 radical (unpaired) electrons. The lowest BCUT2D eigenvalue weighted by Crippen LogP contribution is -2.42. The van der Waals surface area contributed by atoms with Gasteiger partial charge in [-0.2, -0.15) is 0 Å². The van der Waals surface area contributed by atoms with Crippen LogP contribution in [0, 0.1) is 16.7 Å². The van der Waals surface area contributed by atoms with Gasteiger partial charge < -0.3 is 9.84 Å². The van der Waals surface area contributed by atoms with Crippen molar-refractivity contribution in [3.63, 3.8) is 0 Å². The number of ketones is 1. The standard InChI is InChI=1S/C17H22O4/c1-16(2)12(9-10-17(16,3)15(19)20)14(18)11-7-5-6-8-13(11)21-4/h5-8,12H,9-10H2,1-4H3,(H,19,20). The molecule has 0 aromatic heterocycles. The van der Waals surface area contributed by atoms with Crippen LogP contribution in [-0.2, 0) is 4.79 Å². The first-order chi connectivity index (χ1) is 9.75. The summed E-state index contributed by atoms with van der Waals surface area (Å²) in [4.78, 5) is 24.5. The number of Topliss-reactive ketones (excluding diaryl/α,β-unsaturated/α-hetero) is 1. The van der Waals surface area contributed by atoms with E-state index in [4.69, 9.17) is 4.74 Å². The van der Waals surface area contributed by atoms with E-state index in [1.807, 2.05) is 19.9 Å².